The summed E-state index contributed by atoms with van der Waals surface area (Å²) < 4.78 is 1.47. The fourth-order valence-corrected chi connectivity index (χ4v) is 1.84. The van der Waals surface area contributed by atoms with Crippen molar-refractivity contribution in [2.45, 2.75) is 19.9 Å². The number of H-pyrrole nitrogens is 1. The van der Waals surface area contributed by atoms with Crippen LogP contribution in [0.1, 0.15) is 34.3 Å². The number of carbonyl (C=O) groups is 2. The van der Waals surface area contributed by atoms with Crippen molar-refractivity contribution in [3.05, 3.63) is 46.4 Å². The van der Waals surface area contributed by atoms with Crippen LogP contribution in [0.4, 0.5) is 5.69 Å². The van der Waals surface area contributed by atoms with E-state index in [1.807, 2.05) is 6.92 Å². The highest BCUT2D eigenvalue weighted by atomic mass is 16.4. The summed E-state index contributed by atoms with van der Waals surface area (Å²) in [4.78, 5) is 40.6. The molecule has 0 unspecified atom stereocenters. The molecule has 110 valence electrons. The number of aromatic amines is 1. The Hall–Kier alpha value is -2.90. The molecule has 1 amide bonds. The summed E-state index contributed by atoms with van der Waals surface area (Å²) in [6, 6.07) is 2.80. The predicted molar refractivity (Wildman–Crippen MR) is 74.5 cm³/mol. The summed E-state index contributed by atoms with van der Waals surface area (Å²) in [7, 11) is 0. The Bertz CT molecular complexity index is 732. The van der Waals surface area contributed by atoms with Crippen LogP contribution in [-0.2, 0) is 6.54 Å². The number of carboxylic acids is 1. The standard InChI is InChI=1S/C13H14N4O4/c1-2-5-17-6-8(3-4-9(17)18)16-12(19)10-11(13(20)21)15-7-14-10/h3-4,6-7H,2,5H2,1H3,(H,14,15)(H,16,19)(H,20,21). The summed E-state index contributed by atoms with van der Waals surface area (Å²) in [6.07, 6.45) is 3.42. The number of carboxylic acid groups (broad SMARTS) is 1. The first-order chi connectivity index (χ1) is 10.0. The molecule has 8 nitrogen and oxygen atoms in total. The zero-order valence-electron chi connectivity index (χ0n) is 11.3. The molecule has 0 aliphatic carbocycles. The molecule has 2 aromatic heterocycles. The Morgan fingerprint density at radius 2 is 2.19 bits per heavy atom. The molecule has 3 N–H and O–H groups in total. The van der Waals surface area contributed by atoms with E-state index >= 15 is 0 Å². The molecule has 0 saturated carbocycles. The van der Waals surface area contributed by atoms with Gasteiger partial charge in [-0.05, 0) is 12.5 Å². The summed E-state index contributed by atoms with van der Waals surface area (Å²) >= 11 is 0. The van der Waals surface area contributed by atoms with Gasteiger partial charge in [-0.3, -0.25) is 9.59 Å². The lowest BCUT2D eigenvalue weighted by atomic mass is 10.3. The van der Waals surface area contributed by atoms with E-state index in [-0.39, 0.29) is 16.9 Å². The van der Waals surface area contributed by atoms with Crippen molar-refractivity contribution in [3.63, 3.8) is 0 Å². The van der Waals surface area contributed by atoms with E-state index in [9.17, 15) is 14.4 Å². The number of hydrogen-bond acceptors (Lipinski definition) is 4. The third-order valence-corrected chi connectivity index (χ3v) is 2.77. The second kappa shape index (κ2) is 6.04. The number of carbonyl (C=O) groups excluding carboxylic acids is 1. The van der Waals surface area contributed by atoms with Gasteiger partial charge in [0.25, 0.3) is 11.5 Å². The maximum atomic E-state index is 12.0. The van der Waals surface area contributed by atoms with Gasteiger partial charge in [-0.2, -0.15) is 0 Å². The molecular formula is C13H14N4O4. The van der Waals surface area contributed by atoms with E-state index in [1.54, 1.807) is 0 Å². The Labute approximate surface area is 119 Å². The van der Waals surface area contributed by atoms with Crippen LogP contribution < -0.4 is 10.9 Å². The van der Waals surface area contributed by atoms with Crippen molar-refractivity contribution >= 4 is 17.6 Å². The Morgan fingerprint density at radius 1 is 1.43 bits per heavy atom. The first-order valence-electron chi connectivity index (χ1n) is 6.31. The lowest BCUT2D eigenvalue weighted by Gasteiger charge is -2.08. The van der Waals surface area contributed by atoms with Gasteiger partial charge in [0.2, 0.25) is 0 Å². The molecule has 2 rings (SSSR count). The minimum atomic E-state index is -1.27. The number of anilines is 1. The zero-order valence-corrected chi connectivity index (χ0v) is 11.3. The lowest BCUT2D eigenvalue weighted by Crippen LogP contribution is -2.21. The fraction of sp³-hybridized carbons (Fsp3) is 0.231. The smallest absolute Gasteiger partial charge is 0.354 e. The van der Waals surface area contributed by atoms with E-state index in [4.69, 9.17) is 5.11 Å². The molecule has 2 aromatic rings. The number of amides is 1. The predicted octanol–water partition coefficient (Wildman–Crippen LogP) is 0.932. The number of nitrogens with one attached hydrogen (secondary N) is 2. The van der Waals surface area contributed by atoms with Gasteiger partial charge in [-0.15, -0.1) is 0 Å². The average molecular weight is 290 g/mol. The molecule has 0 spiro atoms. The number of aryl methyl sites for hydroxylation is 1. The number of rotatable bonds is 5. The number of imidazole rings is 1. The first kappa shape index (κ1) is 14.5. The minimum Gasteiger partial charge on any atom is -0.477 e. The molecule has 0 bridgehead atoms. The fourth-order valence-electron chi connectivity index (χ4n) is 1.84. The number of aromatic nitrogens is 3. The topological polar surface area (TPSA) is 117 Å². The Kier molecular flexibility index (Phi) is 4.17. The summed E-state index contributed by atoms with van der Waals surface area (Å²) in [5.41, 5.74) is -0.265. The van der Waals surface area contributed by atoms with Crippen molar-refractivity contribution in [1.82, 2.24) is 14.5 Å². The highest BCUT2D eigenvalue weighted by Gasteiger charge is 2.19. The molecule has 0 aromatic carbocycles. The van der Waals surface area contributed by atoms with Crippen molar-refractivity contribution in [3.8, 4) is 0 Å². The normalized spacial score (nSPS) is 10.3. The van der Waals surface area contributed by atoms with Gasteiger partial charge < -0.3 is 20.0 Å². The van der Waals surface area contributed by atoms with Gasteiger partial charge in [0.1, 0.15) is 0 Å². The molecule has 0 atom stereocenters. The number of pyridine rings is 1. The molecule has 0 aliphatic heterocycles. The van der Waals surface area contributed by atoms with Gasteiger partial charge in [0, 0.05) is 18.8 Å². The second-order valence-corrected chi connectivity index (χ2v) is 4.33. The van der Waals surface area contributed by atoms with Crippen LogP contribution >= 0.6 is 0 Å². The molecule has 0 fully saturated rings. The largest absolute Gasteiger partial charge is 0.477 e. The maximum absolute atomic E-state index is 12.0. The quantitative estimate of drug-likeness (QED) is 0.757. The molecule has 21 heavy (non-hydrogen) atoms. The van der Waals surface area contributed by atoms with Crippen LogP contribution in [0, 0.1) is 0 Å². The lowest BCUT2D eigenvalue weighted by molar-refractivity contribution is 0.0686. The molecular weight excluding hydrogens is 276 g/mol. The van der Waals surface area contributed by atoms with E-state index in [0.29, 0.717) is 12.2 Å². The van der Waals surface area contributed by atoms with Gasteiger partial charge >= 0.3 is 5.97 Å². The highest BCUT2D eigenvalue weighted by molar-refractivity contribution is 6.08. The monoisotopic (exact) mass is 290 g/mol. The molecule has 0 saturated heterocycles. The number of nitrogens with zero attached hydrogens (tertiary/aromatic N) is 2. The van der Waals surface area contributed by atoms with Gasteiger partial charge in [0.05, 0.1) is 12.0 Å². The third kappa shape index (κ3) is 3.16. The van der Waals surface area contributed by atoms with Crippen LogP contribution in [0.5, 0.6) is 0 Å². The van der Waals surface area contributed by atoms with Crippen LogP contribution in [0.15, 0.2) is 29.5 Å². The maximum Gasteiger partial charge on any atom is 0.354 e. The Balaban J connectivity index is 2.23. The highest BCUT2D eigenvalue weighted by Crippen LogP contribution is 2.09. The van der Waals surface area contributed by atoms with Crippen LogP contribution in [0.3, 0.4) is 0 Å². The third-order valence-electron chi connectivity index (χ3n) is 2.77. The summed E-state index contributed by atoms with van der Waals surface area (Å²) in [6.45, 7) is 2.46. The summed E-state index contributed by atoms with van der Waals surface area (Å²) in [5, 5.41) is 11.4. The van der Waals surface area contributed by atoms with Crippen molar-refractivity contribution < 1.29 is 14.7 Å². The average Bonchev–Trinajstić information content (AvgIpc) is 2.92. The van der Waals surface area contributed by atoms with Crippen LogP contribution in [0.2, 0.25) is 0 Å². The number of aromatic carboxylic acids is 1. The molecule has 8 heteroatoms. The second-order valence-electron chi connectivity index (χ2n) is 4.33. The zero-order chi connectivity index (χ0) is 15.4. The van der Waals surface area contributed by atoms with Crippen molar-refractivity contribution in [2.24, 2.45) is 0 Å². The minimum absolute atomic E-state index is 0.166. The van der Waals surface area contributed by atoms with Gasteiger partial charge in [0.15, 0.2) is 11.4 Å². The van der Waals surface area contributed by atoms with Crippen LogP contribution in [0.25, 0.3) is 0 Å². The SMILES string of the molecule is CCCn1cc(NC(=O)c2nc[nH]c2C(=O)O)ccc1=O. The Morgan fingerprint density at radius 3 is 2.86 bits per heavy atom. The summed E-state index contributed by atoms with van der Waals surface area (Å²) in [5.74, 6) is -1.93. The van der Waals surface area contributed by atoms with E-state index in [2.05, 4.69) is 15.3 Å². The van der Waals surface area contributed by atoms with E-state index in [1.165, 1.54) is 22.9 Å². The van der Waals surface area contributed by atoms with E-state index < -0.39 is 11.9 Å². The molecule has 0 aliphatic rings. The van der Waals surface area contributed by atoms with E-state index in [0.717, 1.165) is 12.7 Å². The van der Waals surface area contributed by atoms with Crippen LogP contribution in [-0.4, -0.2) is 31.5 Å². The number of hydrogen-bond donors (Lipinski definition) is 3. The van der Waals surface area contributed by atoms with Crippen molar-refractivity contribution in [1.29, 1.82) is 0 Å². The molecule has 2 heterocycles. The van der Waals surface area contributed by atoms with Crippen molar-refractivity contribution in [2.75, 3.05) is 5.32 Å². The van der Waals surface area contributed by atoms with Gasteiger partial charge in [-0.1, -0.05) is 6.92 Å². The van der Waals surface area contributed by atoms with Gasteiger partial charge in [-0.25, -0.2) is 9.78 Å². The molecule has 0 radical (unpaired) electrons. The first-order valence-corrected chi connectivity index (χ1v) is 6.31.